The molecule has 0 radical (unpaired) electrons. The van der Waals surface area contributed by atoms with Gasteiger partial charge >= 0.3 is 0 Å². The number of nitrogens with one attached hydrogen (secondary N) is 2. The van der Waals surface area contributed by atoms with Crippen molar-refractivity contribution in [2.24, 2.45) is 0 Å². The second-order valence-corrected chi connectivity index (χ2v) is 9.86. The van der Waals surface area contributed by atoms with Crippen LogP contribution in [0.2, 0.25) is 0 Å². The molecule has 2 N–H and O–H groups in total. The van der Waals surface area contributed by atoms with Crippen molar-refractivity contribution in [3.05, 3.63) is 70.3 Å². The van der Waals surface area contributed by atoms with Gasteiger partial charge in [-0.1, -0.05) is 43.3 Å². The molecule has 0 bridgehead atoms. The fraction of sp³-hybridized carbons (Fsp3) is 0.370. The number of amides is 4. The lowest BCUT2D eigenvalue weighted by molar-refractivity contribution is -0.137. The van der Waals surface area contributed by atoms with Gasteiger partial charge in [-0.15, -0.1) is 0 Å². The van der Waals surface area contributed by atoms with E-state index in [1.807, 2.05) is 24.3 Å². The molecule has 2 fully saturated rings. The zero-order valence-corrected chi connectivity index (χ0v) is 19.6. The highest BCUT2D eigenvalue weighted by atomic mass is 16.2. The van der Waals surface area contributed by atoms with E-state index >= 15 is 0 Å². The minimum Gasteiger partial charge on any atom is -0.349 e. The maximum Gasteiger partial charge on any atom is 0.292 e. The minimum atomic E-state index is -0.650. The SMILES string of the molecule is CC1(c2ccc(C(=O)C(=O)NCCc3ccc4c(c3)CN(C3CCC(=O)NC3=O)C4=O)cc2)CC1. The van der Waals surface area contributed by atoms with Gasteiger partial charge in [0.2, 0.25) is 17.6 Å². The number of rotatable bonds is 7. The lowest BCUT2D eigenvalue weighted by Gasteiger charge is -2.29. The van der Waals surface area contributed by atoms with Crippen LogP contribution in [0.4, 0.5) is 0 Å². The van der Waals surface area contributed by atoms with Gasteiger partial charge in [-0.3, -0.25) is 29.3 Å². The van der Waals surface area contributed by atoms with Crippen LogP contribution in [-0.4, -0.2) is 46.9 Å². The van der Waals surface area contributed by atoms with Gasteiger partial charge in [0.1, 0.15) is 6.04 Å². The van der Waals surface area contributed by atoms with Crippen molar-refractivity contribution in [3.63, 3.8) is 0 Å². The number of Topliss-reactive ketones (excluding diaryl/α,β-unsaturated/α-hetero) is 1. The molecule has 8 nitrogen and oxygen atoms in total. The van der Waals surface area contributed by atoms with E-state index in [4.69, 9.17) is 0 Å². The summed E-state index contributed by atoms with van der Waals surface area (Å²) in [7, 11) is 0. The Morgan fingerprint density at radius 1 is 1.09 bits per heavy atom. The lowest BCUT2D eigenvalue weighted by atomic mass is 9.96. The molecule has 2 aromatic rings. The van der Waals surface area contributed by atoms with Crippen LogP contribution < -0.4 is 10.6 Å². The monoisotopic (exact) mass is 473 g/mol. The van der Waals surface area contributed by atoms with Crippen molar-refractivity contribution in [2.45, 2.75) is 57.0 Å². The molecule has 3 aliphatic rings. The summed E-state index contributed by atoms with van der Waals surface area (Å²) in [5.74, 6) is -2.18. The maximum atomic E-state index is 12.8. The van der Waals surface area contributed by atoms with Gasteiger partial charge in [-0.2, -0.15) is 0 Å². The summed E-state index contributed by atoms with van der Waals surface area (Å²) in [6.45, 7) is 2.77. The highest BCUT2D eigenvalue weighted by molar-refractivity contribution is 6.42. The molecule has 1 aliphatic carbocycles. The Kier molecular flexibility index (Phi) is 5.75. The van der Waals surface area contributed by atoms with E-state index in [9.17, 15) is 24.0 Å². The largest absolute Gasteiger partial charge is 0.349 e. The number of ketones is 1. The van der Waals surface area contributed by atoms with Crippen LogP contribution in [0.3, 0.4) is 0 Å². The second kappa shape index (κ2) is 8.76. The Morgan fingerprint density at radius 3 is 2.51 bits per heavy atom. The average molecular weight is 474 g/mol. The summed E-state index contributed by atoms with van der Waals surface area (Å²) in [4.78, 5) is 62.7. The van der Waals surface area contributed by atoms with E-state index < -0.39 is 23.6 Å². The van der Waals surface area contributed by atoms with Crippen molar-refractivity contribution in [1.82, 2.24) is 15.5 Å². The van der Waals surface area contributed by atoms with Gasteiger partial charge in [-0.05, 0) is 53.9 Å². The summed E-state index contributed by atoms with van der Waals surface area (Å²) < 4.78 is 0. The first-order valence-electron chi connectivity index (χ1n) is 11.9. The molecule has 8 heteroatoms. The lowest BCUT2D eigenvalue weighted by Crippen LogP contribution is -2.52. The molecule has 1 saturated heterocycles. The summed E-state index contributed by atoms with van der Waals surface area (Å²) in [6, 6.07) is 12.1. The molecule has 2 aliphatic heterocycles. The van der Waals surface area contributed by atoms with Gasteiger partial charge in [0.05, 0.1) is 0 Å². The Bertz CT molecular complexity index is 1250. The van der Waals surface area contributed by atoms with E-state index in [0.717, 1.165) is 24.0 Å². The zero-order valence-electron chi connectivity index (χ0n) is 19.6. The number of hydrogen-bond donors (Lipinski definition) is 2. The van der Waals surface area contributed by atoms with Crippen LogP contribution in [0.5, 0.6) is 0 Å². The molecule has 35 heavy (non-hydrogen) atoms. The third-order valence-corrected chi connectivity index (χ3v) is 7.34. The van der Waals surface area contributed by atoms with Gasteiger partial charge in [-0.25, -0.2) is 0 Å². The fourth-order valence-corrected chi connectivity index (χ4v) is 4.82. The second-order valence-electron chi connectivity index (χ2n) is 9.86. The third kappa shape index (κ3) is 4.48. The summed E-state index contributed by atoms with van der Waals surface area (Å²) >= 11 is 0. The quantitative estimate of drug-likeness (QED) is 0.363. The number of carbonyl (C=O) groups is 5. The molecule has 2 aromatic carbocycles. The topological polar surface area (TPSA) is 113 Å². The van der Waals surface area contributed by atoms with E-state index in [1.54, 1.807) is 18.2 Å². The van der Waals surface area contributed by atoms with Crippen LogP contribution in [-0.2, 0) is 32.8 Å². The zero-order chi connectivity index (χ0) is 24.7. The van der Waals surface area contributed by atoms with E-state index in [1.165, 1.54) is 10.5 Å². The van der Waals surface area contributed by atoms with E-state index in [2.05, 4.69) is 17.6 Å². The average Bonchev–Trinajstić information content (AvgIpc) is 3.52. The molecule has 180 valence electrons. The molecule has 1 unspecified atom stereocenters. The Hall–Kier alpha value is -3.81. The van der Waals surface area contributed by atoms with Gasteiger partial charge < -0.3 is 10.2 Å². The molecule has 1 atom stereocenters. The Morgan fingerprint density at radius 2 is 1.83 bits per heavy atom. The van der Waals surface area contributed by atoms with Crippen LogP contribution in [0.25, 0.3) is 0 Å². The number of fused-ring (bicyclic) bond motifs is 1. The van der Waals surface area contributed by atoms with Crippen molar-refractivity contribution < 1.29 is 24.0 Å². The first-order chi connectivity index (χ1) is 16.7. The van der Waals surface area contributed by atoms with Gasteiger partial charge in [0, 0.05) is 30.6 Å². The highest BCUT2D eigenvalue weighted by Crippen LogP contribution is 2.47. The molecular weight excluding hydrogens is 446 g/mol. The highest BCUT2D eigenvalue weighted by Gasteiger charge is 2.40. The Labute approximate surface area is 203 Å². The number of benzene rings is 2. The standard InChI is InChI=1S/C27H27N3O5/c1-27(11-12-27)19-5-3-17(4-6-19)23(32)25(34)28-13-10-16-2-7-20-18(14-16)15-30(26(20)35)21-8-9-22(31)29-24(21)33/h2-7,14,21H,8-13,15H2,1H3,(H,28,34)(H,29,31,33). The molecule has 2 heterocycles. The van der Waals surface area contributed by atoms with Crippen molar-refractivity contribution in [1.29, 1.82) is 0 Å². The third-order valence-electron chi connectivity index (χ3n) is 7.34. The predicted octanol–water partition coefficient (Wildman–Crippen LogP) is 2.04. The molecule has 1 saturated carbocycles. The summed E-state index contributed by atoms with van der Waals surface area (Å²) in [6.07, 6.45) is 3.32. The van der Waals surface area contributed by atoms with Gasteiger partial charge in [0.15, 0.2) is 0 Å². The minimum absolute atomic E-state index is 0.212. The summed E-state index contributed by atoms with van der Waals surface area (Å²) in [5.41, 5.74) is 4.05. The molecule has 5 rings (SSSR count). The molecule has 0 aromatic heterocycles. The normalized spacial score (nSPS) is 20.3. The summed E-state index contributed by atoms with van der Waals surface area (Å²) in [5, 5.41) is 4.98. The van der Waals surface area contributed by atoms with E-state index in [0.29, 0.717) is 30.5 Å². The van der Waals surface area contributed by atoms with Crippen LogP contribution in [0, 0.1) is 0 Å². The first kappa shape index (κ1) is 23.0. The van der Waals surface area contributed by atoms with Crippen LogP contribution in [0.1, 0.15) is 70.0 Å². The fourth-order valence-electron chi connectivity index (χ4n) is 4.82. The van der Waals surface area contributed by atoms with Gasteiger partial charge in [0.25, 0.3) is 11.8 Å². The van der Waals surface area contributed by atoms with Crippen molar-refractivity contribution in [2.75, 3.05) is 6.54 Å². The first-order valence-corrected chi connectivity index (χ1v) is 11.9. The van der Waals surface area contributed by atoms with E-state index in [-0.39, 0.29) is 30.2 Å². The molecule has 0 spiro atoms. The predicted molar refractivity (Wildman–Crippen MR) is 127 cm³/mol. The molecule has 4 amide bonds. The number of piperidine rings is 1. The number of carbonyl (C=O) groups excluding carboxylic acids is 5. The maximum absolute atomic E-state index is 12.8. The van der Waals surface area contributed by atoms with Crippen molar-refractivity contribution in [3.8, 4) is 0 Å². The Balaban J connectivity index is 1.16. The molecular formula is C27H27N3O5. The number of nitrogens with zero attached hydrogens (tertiary/aromatic N) is 1. The van der Waals surface area contributed by atoms with Crippen molar-refractivity contribution >= 4 is 29.4 Å². The number of imide groups is 1. The van der Waals surface area contributed by atoms with Crippen LogP contribution in [0.15, 0.2) is 42.5 Å². The number of hydrogen-bond acceptors (Lipinski definition) is 5. The van der Waals surface area contributed by atoms with Crippen LogP contribution >= 0.6 is 0 Å². The smallest absolute Gasteiger partial charge is 0.292 e.